The molecule has 0 amide bonds. The zero-order chi connectivity index (χ0) is 14.1. The summed E-state index contributed by atoms with van der Waals surface area (Å²) in [6, 6.07) is 9.16. The Morgan fingerprint density at radius 3 is 2.42 bits per heavy atom. The van der Waals surface area contributed by atoms with Crippen molar-refractivity contribution in [2.45, 2.75) is 65.7 Å². The lowest BCUT2D eigenvalue weighted by molar-refractivity contribution is 0.0468. The van der Waals surface area contributed by atoms with Crippen LogP contribution < -0.4 is 5.32 Å². The number of rotatable bonds is 9. The van der Waals surface area contributed by atoms with Crippen LogP contribution in [-0.2, 0) is 17.8 Å². The Hall–Kier alpha value is -0.860. The summed E-state index contributed by atoms with van der Waals surface area (Å²) < 4.78 is 5.92. The van der Waals surface area contributed by atoms with Gasteiger partial charge in [0.15, 0.2) is 0 Å². The first-order chi connectivity index (χ1) is 9.13. The molecular weight excluding hydrogens is 234 g/mol. The van der Waals surface area contributed by atoms with Crippen molar-refractivity contribution in [3.63, 3.8) is 0 Å². The molecular formula is C17H29NO. The first kappa shape index (κ1) is 16.2. The molecule has 0 aromatic heterocycles. The molecule has 1 rings (SSSR count). The number of benzene rings is 1. The van der Waals surface area contributed by atoms with Crippen LogP contribution in [0.5, 0.6) is 0 Å². The average Bonchev–Trinajstić information content (AvgIpc) is 2.37. The number of nitrogens with one attached hydrogen (secondary N) is 1. The highest BCUT2D eigenvalue weighted by Crippen LogP contribution is 2.13. The third kappa shape index (κ3) is 6.74. The second kappa shape index (κ2) is 9.11. The Morgan fingerprint density at radius 1 is 1.11 bits per heavy atom. The van der Waals surface area contributed by atoms with E-state index in [9.17, 15) is 0 Å². The third-order valence-electron chi connectivity index (χ3n) is 3.28. The minimum Gasteiger partial charge on any atom is -0.374 e. The maximum atomic E-state index is 5.92. The van der Waals surface area contributed by atoms with Crippen LogP contribution in [0.4, 0.5) is 0 Å². The molecule has 0 spiro atoms. The summed E-state index contributed by atoms with van der Waals surface area (Å²) in [6.07, 6.45) is 3.74. The Bertz CT molecular complexity index is 349. The maximum absolute atomic E-state index is 5.92. The largest absolute Gasteiger partial charge is 0.374 e. The molecule has 1 atom stereocenters. The molecule has 0 aliphatic rings. The molecule has 1 aromatic carbocycles. The van der Waals surface area contributed by atoms with Crippen molar-refractivity contribution in [2.24, 2.45) is 0 Å². The summed E-state index contributed by atoms with van der Waals surface area (Å²) in [4.78, 5) is 0. The minimum absolute atomic E-state index is 0.354. The first-order valence-electron chi connectivity index (χ1n) is 7.55. The van der Waals surface area contributed by atoms with Crippen molar-refractivity contribution < 1.29 is 4.74 Å². The predicted octanol–water partition coefficient (Wildman–Crippen LogP) is 3.93. The molecule has 108 valence electrons. The van der Waals surface area contributed by atoms with Gasteiger partial charge in [-0.2, -0.15) is 0 Å². The highest BCUT2D eigenvalue weighted by atomic mass is 16.5. The van der Waals surface area contributed by atoms with Gasteiger partial charge in [0.25, 0.3) is 0 Å². The van der Waals surface area contributed by atoms with Crippen LogP contribution in [0.3, 0.4) is 0 Å². The number of ether oxygens (including phenoxy) is 1. The van der Waals surface area contributed by atoms with Gasteiger partial charge in [-0.3, -0.25) is 0 Å². The summed E-state index contributed by atoms with van der Waals surface area (Å²) in [5.74, 6) is 0. The lowest BCUT2D eigenvalue weighted by Gasteiger charge is -2.15. The third-order valence-corrected chi connectivity index (χ3v) is 3.28. The summed E-state index contributed by atoms with van der Waals surface area (Å²) in [5.41, 5.74) is 2.73. The Morgan fingerprint density at radius 2 is 1.79 bits per heavy atom. The molecule has 1 N–H and O–H groups in total. The Kier molecular flexibility index (Phi) is 7.76. The SMILES string of the molecule is CCCC(C)OCc1ccccc1CCNC(C)C. The molecule has 0 radical (unpaired) electrons. The fraction of sp³-hybridized carbons (Fsp3) is 0.647. The smallest absolute Gasteiger partial charge is 0.0723 e. The van der Waals surface area contributed by atoms with Gasteiger partial charge >= 0.3 is 0 Å². The van der Waals surface area contributed by atoms with Crippen LogP contribution in [0.2, 0.25) is 0 Å². The maximum Gasteiger partial charge on any atom is 0.0723 e. The fourth-order valence-corrected chi connectivity index (χ4v) is 2.16. The Labute approximate surface area is 118 Å². The van der Waals surface area contributed by atoms with E-state index in [0.717, 1.165) is 26.0 Å². The average molecular weight is 263 g/mol. The van der Waals surface area contributed by atoms with E-state index in [0.29, 0.717) is 12.1 Å². The summed E-state index contributed by atoms with van der Waals surface area (Å²) in [7, 11) is 0. The molecule has 1 aromatic rings. The van der Waals surface area contributed by atoms with E-state index < -0.39 is 0 Å². The minimum atomic E-state index is 0.354. The van der Waals surface area contributed by atoms with Gasteiger partial charge in [0, 0.05) is 6.04 Å². The molecule has 2 nitrogen and oxygen atoms in total. The van der Waals surface area contributed by atoms with Gasteiger partial charge in [-0.05, 0) is 37.4 Å². The molecule has 0 saturated carbocycles. The van der Waals surface area contributed by atoms with Gasteiger partial charge in [0.1, 0.15) is 0 Å². The molecule has 0 aliphatic carbocycles. The van der Waals surface area contributed by atoms with Gasteiger partial charge < -0.3 is 10.1 Å². The van der Waals surface area contributed by atoms with Crippen molar-refractivity contribution in [1.29, 1.82) is 0 Å². The monoisotopic (exact) mass is 263 g/mol. The molecule has 0 saturated heterocycles. The summed E-state index contributed by atoms with van der Waals surface area (Å²) in [6.45, 7) is 10.5. The molecule has 0 fully saturated rings. The van der Waals surface area contributed by atoms with E-state index in [1.165, 1.54) is 17.5 Å². The second-order valence-corrected chi connectivity index (χ2v) is 5.54. The zero-order valence-electron chi connectivity index (χ0n) is 12.9. The molecule has 1 unspecified atom stereocenters. The van der Waals surface area contributed by atoms with Crippen LogP contribution >= 0.6 is 0 Å². The van der Waals surface area contributed by atoms with Gasteiger partial charge in [-0.1, -0.05) is 51.5 Å². The molecule has 0 heterocycles. The van der Waals surface area contributed by atoms with Gasteiger partial charge in [-0.25, -0.2) is 0 Å². The zero-order valence-corrected chi connectivity index (χ0v) is 12.9. The summed E-state index contributed by atoms with van der Waals surface area (Å²) in [5, 5.41) is 3.47. The van der Waals surface area contributed by atoms with E-state index in [2.05, 4.69) is 57.3 Å². The van der Waals surface area contributed by atoms with Crippen molar-refractivity contribution in [2.75, 3.05) is 6.54 Å². The highest BCUT2D eigenvalue weighted by Gasteiger charge is 2.05. The fourth-order valence-electron chi connectivity index (χ4n) is 2.16. The van der Waals surface area contributed by atoms with Crippen molar-refractivity contribution in [3.05, 3.63) is 35.4 Å². The van der Waals surface area contributed by atoms with E-state index in [-0.39, 0.29) is 0 Å². The van der Waals surface area contributed by atoms with E-state index in [1.54, 1.807) is 0 Å². The van der Waals surface area contributed by atoms with Gasteiger partial charge in [0.05, 0.1) is 12.7 Å². The van der Waals surface area contributed by atoms with Crippen molar-refractivity contribution in [3.8, 4) is 0 Å². The lowest BCUT2D eigenvalue weighted by atomic mass is 10.0. The standard InChI is InChI=1S/C17H29NO/c1-5-8-15(4)19-13-17-10-7-6-9-16(17)11-12-18-14(2)3/h6-7,9-10,14-15,18H,5,8,11-13H2,1-4H3. The quantitative estimate of drug-likeness (QED) is 0.729. The lowest BCUT2D eigenvalue weighted by Crippen LogP contribution is -2.25. The van der Waals surface area contributed by atoms with Crippen LogP contribution in [-0.4, -0.2) is 18.7 Å². The topological polar surface area (TPSA) is 21.3 Å². The number of hydrogen-bond acceptors (Lipinski definition) is 2. The van der Waals surface area contributed by atoms with Gasteiger partial charge in [-0.15, -0.1) is 0 Å². The van der Waals surface area contributed by atoms with E-state index in [4.69, 9.17) is 4.74 Å². The first-order valence-corrected chi connectivity index (χ1v) is 7.55. The molecule has 0 aliphatic heterocycles. The molecule has 0 bridgehead atoms. The van der Waals surface area contributed by atoms with Crippen LogP contribution in [0.15, 0.2) is 24.3 Å². The molecule has 19 heavy (non-hydrogen) atoms. The van der Waals surface area contributed by atoms with E-state index in [1.807, 2.05) is 0 Å². The summed E-state index contributed by atoms with van der Waals surface area (Å²) >= 11 is 0. The van der Waals surface area contributed by atoms with Crippen molar-refractivity contribution >= 4 is 0 Å². The van der Waals surface area contributed by atoms with Gasteiger partial charge in [0.2, 0.25) is 0 Å². The van der Waals surface area contributed by atoms with Crippen LogP contribution in [0, 0.1) is 0 Å². The number of hydrogen-bond donors (Lipinski definition) is 1. The second-order valence-electron chi connectivity index (χ2n) is 5.54. The van der Waals surface area contributed by atoms with Crippen molar-refractivity contribution in [1.82, 2.24) is 5.32 Å². The normalized spacial score (nSPS) is 12.9. The predicted molar refractivity (Wildman–Crippen MR) is 82.4 cm³/mol. The molecule has 2 heteroatoms. The Balaban J connectivity index is 2.48. The van der Waals surface area contributed by atoms with E-state index >= 15 is 0 Å². The highest BCUT2D eigenvalue weighted by molar-refractivity contribution is 5.26. The van der Waals surface area contributed by atoms with Crippen LogP contribution in [0.25, 0.3) is 0 Å². The van der Waals surface area contributed by atoms with Crippen LogP contribution in [0.1, 0.15) is 51.7 Å².